The first-order valence-electron chi connectivity index (χ1n) is 8.85. The van der Waals surface area contributed by atoms with Gasteiger partial charge in [-0.05, 0) is 35.7 Å². The molecule has 2 aromatic rings. The molecule has 0 unspecified atom stereocenters. The third-order valence-corrected chi connectivity index (χ3v) is 7.28. The Kier molecular flexibility index (Phi) is 8.39. The smallest absolute Gasteiger partial charge is 0.325 e. The van der Waals surface area contributed by atoms with Crippen LogP contribution in [-0.4, -0.2) is 72.1 Å². The molecule has 0 atom stereocenters. The molecule has 31 heavy (non-hydrogen) atoms. The Morgan fingerprint density at radius 2 is 1.55 bits per heavy atom. The van der Waals surface area contributed by atoms with Gasteiger partial charge in [0.1, 0.15) is 23.0 Å². The molecule has 0 aliphatic heterocycles. The van der Waals surface area contributed by atoms with E-state index in [0.29, 0.717) is 11.4 Å². The first-order valence-corrected chi connectivity index (χ1v) is 11.2. The molecular formula is C19H22N2O8S2. The van der Waals surface area contributed by atoms with Crippen molar-refractivity contribution in [1.82, 2.24) is 4.90 Å². The Bertz CT molecular complexity index is 986. The average molecular weight is 471 g/mol. The molecule has 0 aliphatic rings. The number of amides is 1. The molecular weight excluding hydrogens is 448 g/mol. The fraction of sp³-hybridized carbons (Fsp3) is 0.316. The number of hydrogen-bond donors (Lipinski definition) is 0. The number of carbonyl (C=O) groups is 3. The summed E-state index contributed by atoms with van der Waals surface area (Å²) >= 11 is 1.12. The molecule has 1 aromatic carbocycles. The maximum Gasteiger partial charge on any atom is 0.325 e. The second-order valence-corrected chi connectivity index (χ2v) is 9.23. The molecule has 0 spiro atoms. The van der Waals surface area contributed by atoms with Gasteiger partial charge in [0.15, 0.2) is 6.61 Å². The molecule has 0 saturated heterocycles. The van der Waals surface area contributed by atoms with Crippen LogP contribution in [0.4, 0.5) is 5.69 Å². The van der Waals surface area contributed by atoms with E-state index in [1.165, 1.54) is 37.4 Å². The minimum atomic E-state index is -3.66. The van der Waals surface area contributed by atoms with Gasteiger partial charge in [0.25, 0.3) is 15.9 Å². The summed E-state index contributed by atoms with van der Waals surface area (Å²) in [4.78, 5) is 36.3. The van der Waals surface area contributed by atoms with Crippen LogP contribution in [0, 0.1) is 0 Å². The number of esters is 2. The van der Waals surface area contributed by atoms with E-state index in [1.54, 1.807) is 11.4 Å². The Morgan fingerprint density at radius 1 is 0.968 bits per heavy atom. The Balaban J connectivity index is 2.02. The molecule has 1 aromatic heterocycles. The van der Waals surface area contributed by atoms with E-state index in [2.05, 4.69) is 9.47 Å². The third-order valence-electron chi connectivity index (χ3n) is 4.12. The highest BCUT2D eigenvalue weighted by molar-refractivity contribution is 7.94. The normalized spacial score (nSPS) is 10.8. The first kappa shape index (κ1) is 24.2. The van der Waals surface area contributed by atoms with Crippen molar-refractivity contribution in [2.75, 3.05) is 45.3 Å². The fourth-order valence-corrected chi connectivity index (χ4v) is 4.70. The standard InChI is InChI=1S/C19H22N2O8S2/c1-20(31(25,26)19-5-4-10-30-19)14-6-8-15(9-7-14)29-13-16(22)21(11-17(23)27-2)12-18(24)28-3/h4-10H,11-13H2,1-3H3. The van der Waals surface area contributed by atoms with Crippen LogP contribution in [0.2, 0.25) is 0 Å². The lowest BCUT2D eigenvalue weighted by Gasteiger charge is -2.21. The molecule has 10 nitrogen and oxygen atoms in total. The van der Waals surface area contributed by atoms with Crippen LogP contribution in [0.3, 0.4) is 0 Å². The van der Waals surface area contributed by atoms with Crippen molar-refractivity contribution in [3.63, 3.8) is 0 Å². The molecule has 0 radical (unpaired) electrons. The van der Waals surface area contributed by atoms with Crippen LogP contribution >= 0.6 is 11.3 Å². The summed E-state index contributed by atoms with van der Waals surface area (Å²) in [6.07, 6.45) is 0. The number of anilines is 1. The highest BCUT2D eigenvalue weighted by atomic mass is 32.2. The quantitative estimate of drug-likeness (QED) is 0.474. The predicted octanol–water partition coefficient (Wildman–Crippen LogP) is 1.13. The molecule has 1 heterocycles. The highest BCUT2D eigenvalue weighted by Crippen LogP contribution is 2.26. The van der Waals surface area contributed by atoms with Crippen molar-refractivity contribution >= 4 is 44.9 Å². The van der Waals surface area contributed by atoms with Crippen LogP contribution in [-0.2, 0) is 33.9 Å². The summed E-state index contributed by atoms with van der Waals surface area (Å²) in [6, 6.07) is 9.26. The van der Waals surface area contributed by atoms with Gasteiger partial charge in [0, 0.05) is 7.05 Å². The molecule has 0 bridgehead atoms. The van der Waals surface area contributed by atoms with Gasteiger partial charge in [0.05, 0.1) is 19.9 Å². The monoisotopic (exact) mass is 470 g/mol. The average Bonchev–Trinajstić information content (AvgIpc) is 3.32. The molecule has 2 rings (SSSR count). The summed E-state index contributed by atoms with van der Waals surface area (Å²) in [5.74, 6) is -1.72. The van der Waals surface area contributed by atoms with Gasteiger partial charge in [-0.2, -0.15) is 0 Å². The topological polar surface area (TPSA) is 120 Å². The second kappa shape index (κ2) is 10.8. The molecule has 0 N–H and O–H groups in total. The van der Waals surface area contributed by atoms with Gasteiger partial charge in [-0.15, -0.1) is 11.3 Å². The van der Waals surface area contributed by atoms with Crippen molar-refractivity contribution in [3.8, 4) is 5.75 Å². The Labute approximate surface area is 184 Å². The fourth-order valence-electron chi connectivity index (χ4n) is 2.35. The lowest BCUT2D eigenvalue weighted by Crippen LogP contribution is -2.42. The van der Waals surface area contributed by atoms with Gasteiger partial charge in [-0.3, -0.25) is 18.7 Å². The first-order chi connectivity index (χ1) is 14.7. The van der Waals surface area contributed by atoms with E-state index < -0.39 is 47.6 Å². The SMILES string of the molecule is COC(=O)CN(CC(=O)OC)C(=O)COc1ccc(N(C)S(=O)(=O)c2cccs2)cc1. The molecule has 0 aliphatic carbocycles. The second-order valence-electron chi connectivity index (χ2n) is 6.09. The summed E-state index contributed by atoms with van der Waals surface area (Å²) in [7, 11) is 0.0995. The van der Waals surface area contributed by atoms with Crippen LogP contribution in [0.1, 0.15) is 0 Å². The zero-order valence-corrected chi connectivity index (χ0v) is 18.8. The number of ether oxygens (including phenoxy) is 3. The van der Waals surface area contributed by atoms with Crippen molar-refractivity contribution in [3.05, 3.63) is 41.8 Å². The number of methoxy groups -OCH3 is 2. The van der Waals surface area contributed by atoms with E-state index in [4.69, 9.17) is 4.74 Å². The summed E-state index contributed by atoms with van der Waals surface area (Å²) < 4.78 is 41.0. The number of sulfonamides is 1. The van der Waals surface area contributed by atoms with E-state index in [0.717, 1.165) is 34.8 Å². The minimum absolute atomic E-state index is 0.220. The molecule has 0 saturated carbocycles. The number of hydrogen-bond acceptors (Lipinski definition) is 9. The number of rotatable bonds is 10. The summed E-state index contributed by atoms with van der Waals surface area (Å²) in [6.45, 7) is -1.31. The molecule has 12 heteroatoms. The van der Waals surface area contributed by atoms with Gasteiger partial charge in [-0.1, -0.05) is 6.07 Å². The Morgan fingerprint density at radius 3 is 2.03 bits per heavy atom. The van der Waals surface area contributed by atoms with E-state index in [-0.39, 0.29) is 4.21 Å². The van der Waals surface area contributed by atoms with Crippen LogP contribution in [0.5, 0.6) is 5.75 Å². The lowest BCUT2D eigenvalue weighted by atomic mass is 10.3. The lowest BCUT2D eigenvalue weighted by molar-refractivity contribution is -0.152. The maximum absolute atomic E-state index is 12.6. The highest BCUT2D eigenvalue weighted by Gasteiger charge is 2.23. The van der Waals surface area contributed by atoms with E-state index >= 15 is 0 Å². The van der Waals surface area contributed by atoms with Crippen LogP contribution < -0.4 is 9.04 Å². The van der Waals surface area contributed by atoms with Crippen molar-refractivity contribution in [2.24, 2.45) is 0 Å². The minimum Gasteiger partial charge on any atom is -0.484 e. The maximum atomic E-state index is 12.6. The number of thiophene rings is 1. The zero-order valence-electron chi connectivity index (χ0n) is 17.1. The van der Waals surface area contributed by atoms with Gasteiger partial charge in [0.2, 0.25) is 0 Å². The molecule has 1 amide bonds. The van der Waals surface area contributed by atoms with Crippen LogP contribution in [0.15, 0.2) is 46.0 Å². The van der Waals surface area contributed by atoms with Gasteiger partial charge >= 0.3 is 11.9 Å². The largest absolute Gasteiger partial charge is 0.484 e. The van der Waals surface area contributed by atoms with Crippen molar-refractivity contribution < 1.29 is 37.0 Å². The van der Waals surface area contributed by atoms with Crippen molar-refractivity contribution in [2.45, 2.75) is 4.21 Å². The third kappa shape index (κ3) is 6.43. The van der Waals surface area contributed by atoms with Gasteiger partial charge < -0.3 is 19.1 Å². The Hall–Kier alpha value is -3.12. The van der Waals surface area contributed by atoms with Gasteiger partial charge in [-0.25, -0.2) is 8.42 Å². The number of carbonyl (C=O) groups excluding carboxylic acids is 3. The predicted molar refractivity (Wildman–Crippen MR) is 112 cm³/mol. The van der Waals surface area contributed by atoms with Crippen molar-refractivity contribution in [1.29, 1.82) is 0 Å². The zero-order chi connectivity index (χ0) is 23.0. The molecule has 0 fully saturated rings. The summed E-state index contributed by atoms with van der Waals surface area (Å²) in [5, 5.41) is 1.68. The number of benzene rings is 1. The number of nitrogens with zero attached hydrogens (tertiary/aromatic N) is 2. The summed E-state index contributed by atoms with van der Waals surface area (Å²) in [5.41, 5.74) is 0.407. The van der Waals surface area contributed by atoms with E-state index in [9.17, 15) is 22.8 Å². The molecule has 168 valence electrons. The van der Waals surface area contributed by atoms with E-state index in [1.807, 2.05) is 0 Å². The van der Waals surface area contributed by atoms with Crippen LogP contribution in [0.25, 0.3) is 0 Å².